The highest BCUT2D eigenvalue weighted by molar-refractivity contribution is 9.09. The van der Waals surface area contributed by atoms with E-state index in [4.69, 9.17) is 0 Å². The summed E-state index contributed by atoms with van der Waals surface area (Å²) < 4.78 is 47.0. The van der Waals surface area contributed by atoms with Crippen molar-refractivity contribution < 1.29 is 16.8 Å². The van der Waals surface area contributed by atoms with Crippen LogP contribution in [0.25, 0.3) is 0 Å². The lowest BCUT2D eigenvalue weighted by Crippen LogP contribution is -2.37. The molecule has 0 spiro atoms. The molecule has 0 unspecified atom stereocenters. The summed E-state index contributed by atoms with van der Waals surface area (Å²) in [5, 5.41) is 0.661. The fraction of sp³-hybridized carbons (Fsp3) is 1.00. The Morgan fingerprint density at radius 2 is 1.62 bits per heavy atom. The van der Waals surface area contributed by atoms with Crippen LogP contribution in [-0.4, -0.2) is 46.5 Å². The van der Waals surface area contributed by atoms with Crippen LogP contribution in [0.1, 0.15) is 13.8 Å². The molecule has 0 saturated carbocycles. The van der Waals surface area contributed by atoms with Gasteiger partial charge in [-0.15, -0.1) is 0 Å². The zero-order valence-electron chi connectivity index (χ0n) is 9.66. The molecule has 0 heterocycles. The molecule has 0 aliphatic carbocycles. The first-order valence-corrected chi connectivity index (χ1v) is 9.52. The molecule has 0 saturated heterocycles. The van der Waals surface area contributed by atoms with Crippen molar-refractivity contribution in [2.75, 3.05) is 29.6 Å². The third-order valence-corrected chi connectivity index (χ3v) is 5.90. The first-order chi connectivity index (χ1) is 6.97. The van der Waals surface area contributed by atoms with Gasteiger partial charge in [-0.05, 0) is 5.41 Å². The quantitative estimate of drug-likeness (QED) is 0.681. The van der Waals surface area contributed by atoms with E-state index in [1.807, 2.05) is 13.8 Å². The third kappa shape index (κ3) is 8.49. The van der Waals surface area contributed by atoms with Gasteiger partial charge in [0.1, 0.15) is 9.84 Å². The Morgan fingerprint density at radius 3 is 2.00 bits per heavy atom. The van der Waals surface area contributed by atoms with Crippen LogP contribution in [0.15, 0.2) is 0 Å². The summed E-state index contributed by atoms with van der Waals surface area (Å²) in [6.07, 6.45) is 1.02. The van der Waals surface area contributed by atoms with Crippen LogP contribution in [0.5, 0.6) is 0 Å². The molecule has 0 rings (SSSR count). The highest BCUT2D eigenvalue weighted by Crippen LogP contribution is 2.16. The monoisotopic (exact) mass is 335 g/mol. The zero-order chi connectivity index (χ0) is 13.0. The van der Waals surface area contributed by atoms with E-state index in [0.29, 0.717) is 5.33 Å². The number of hydrogen-bond acceptors (Lipinski definition) is 4. The van der Waals surface area contributed by atoms with E-state index in [1.54, 1.807) is 0 Å². The number of sulfonamides is 1. The maximum atomic E-state index is 11.4. The third-order valence-electron chi connectivity index (χ3n) is 1.86. The minimum Gasteiger partial charge on any atom is -0.229 e. The Hall–Kier alpha value is 0.340. The molecule has 5 nitrogen and oxygen atoms in total. The fourth-order valence-electron chi connectivity index (χ4n) is 0.686. The number of hydrogen-bond donors (Lipinski definition) is 1. The molecule has 0 aromatic rings. The molecule has 0 aliphatic rings. The van der Waals surface area contributed by atoms with E-state index in [0.717, 1.165) is 6.26 Å². The minimum absolute atomic E-state index is 0.196. The van der Waals surface area contributed by atoms with Crippen molar-refractivity contribution in [2.45, 2.75) is 13.8 Å². The Labute approximate surface area is 106 Å². The maximum absolute atomic E-state index is 11.4. The second kappa shape index (κ2) is 5.79. The van der Waals surface area contributed by atoms with E-state index in [1.165, 1.54) is 0 Å². The van der Waals surface area contributed by atoms with Gasteiger partial charge in [-0.3, -0.25) is 0 Å². The highest BCUT2D eigenvalue weighted by Gasteiger charge is 2.20. The van der Waals surface area contributed by atoms with Crippen molar-refractivity contribution in [3.63, 3.8) is 0 Å². The van der Waals surface area contributed by atoms with Crippen molar-refractivity contribution in [3.05, 3.63) is 0 Å². The van der Waals surface area contributed by atoms with Gasteiger partial charge in [0.25, 0.3) is 0 Å². The zero-order valence-corrected chi connectivity index (χ0v) is 12.9. The van der Waals surface area contributed by atoms with Crippen molar-refractivity contribution in [1.82, 2.24) is 4.72 Å². The average molecular weight is 336 g/mol. The van der Waals surface area contributed by atoms with Gasteiger partial charge < -0.3 is 0 Å². The lowest BCUT2D eigenvalue weighted by Gasteiger charge is -2.21. The molecule has 0 aromatic heterocycles. The van der Waals surface area contributed by atoms with Gasteiger partial charge in [0.05, 0.1) is 11.5 Å². The first-order valence-electron chi connectivity index (χ1n) is 4.68. The van der Waals surface area contributed by atoms with Gasteiger partial charge in [-0.1, -0.05) is 29.8 Å². The Balaban J connectivity index is 4.28. The molecule has 0 amide bonds. The molecule has 8 heteroatoms. The molecule has 0 radical (unpaired) electrons. The van der Waals surface area contributed by atoms with Crippen LogP contribution in [0.4, 0.5) is 0 Å². The standard InChI is InChI=1S/C8H18BrNO4S2/c1-8(2,6-9)7-10-16(13,14)5-4-15(3,11)12/h10H,4-7H2,1-3H3. The summed E-state index contributed by atoms with van der Waals surface area (Å²) in [6, 6.07) is 0. The molecule has 0 aromatic carbocycles. The van der Waals surface area contributed by atoms with E-state index >= 15 is 0 Å². The molecule has 0 bridgehead atoms. The summed E-state index contributed by atoms with van der Waals surface area (Å²) in [7, 11) is -6.75. The number of halogens is 1. The molecular weight excluding hydrogens is 318 g/mol. The van der Waals surface area contributed by atoms with Crippen molar-refractivity contribution >= 4 is 35.8 Å². The van der Waals surface area contributed by atoms with E-state index < -0.39 is 19.9 Å². The molecule has 98 valence electrons. The second-order valence-electron chi connectivity index (χ2n) is 4.57. The molecule has 1 N–H and O–H groups in total. The topological polar surface area (TPSA) is 80.3 Å². The predicted octanol–water partition coefficient (Wildman–Crippen LogP) is 0.371. The Bertz CT molecular complexity index is 413. The van der Waals surface area contributed by atoms with Crippen LogP contribution in [0, 0.1) is 5.41 Å². The van der Waals surface area contributed by atoms with Crippen molar-refractivity contribution in [2.24, 2.45) is 5.41 Å². The normalized spacial score (nSPS) is 14.0. The average Bonchev–Trinajstić information content (AvgIpc) is 2.12. The molecule has 0 fully saturated rings. The summed E-state index contributed by atoms with van der Waals surface area (Å²) in [6.45, 7) is 4.09. The highest BCUT2D eigenvalue weighted by atomic mass is 79.9. The number of nitrogens with one attached hydrogen (secondary N) is 1. The van der Waals surface area contributed by atoms with Crippen molar-refractivity contribution in [3.8, 4) is 0 Å². The Morgan fingerprint density at radius 1 is 1.12 bits per heavy atom. The van der Waals surface area contributed by atoms with E-state index in [2.05, 4.69) is 20.7 Å². The van der Waals surface area contributed by atoms with E-state index in [9.17, 15) is 16.8 Å². The summed E-state index contributed by atoms with van der Waals surface area (Å²) in [5.41, 5.74) is -0.196. The summed E-state index contributed by atoms with van der Waals surface area (Å²) >= 11 is 3.28. The lowest BCUT2D eigenvalue weighted by molar-refractivity contribution is 0.420. The summed E-state index contributed by atoms with van der Waals surface area (Å²) in [5.74, 6) is -0.735. The number of sulfone groups is 1. The molecule has 16 heavy (non-hydrogen) atoms. The smallest absolute Gasteiger partial charge is 0.212 e. The minimum atomic E-state index is -3.51. The fourth-order valence-corrected chi connectivity index (χ4v) is 3.73. The van der Waals surface area contributed by atoms with Gasteiger partial charge in [0.15, 0.2) is 0 Å². The van der Waals surface area contributed by atoms with Crippen LogP contribution in [0.2, 0.25) is 0 Å². The Kier molecular flexibility index (Phi) is 5.91. The van der Waals surface area contributed by atoms with Gasteiger partial charge in [0, 0.05) is 18.1 Å². The second-order valence-corrected chi connectivity index (χ2v) is 9.31. The maximum Gasteiger partial charge on any atom is 0.212 e. The molecule has 0 atom stereocenters. The van der Waals surface area contributed by atoms with Crippen LogP contribution >= 0.6 is 15.9 Å². The van der Waals surface area contributed by atoms with Gasteiger partial charge in [-0.2, -0.15) is 0 Å². The lowest BCUT2D eigenvalue weighted by atomic mass is 9.98. The van der Waals surface area contributed by atoms with Crippen LogP contribution in [-0.2, 0) is 19.9 Å². The van der Waals surface area contributed by atoms with Gasteiger partial charge >= 0.3 is 0 Å². The SMILES string of the molecule is CC(C)(CBr)CNS(=O)(=O)CCS(C)(=O)=O. The number of rotatable bonds is 7. The molecular formula is C8H18BrNO4S2. The van der Waals surface area contributed by atoms with Gasteiger partial charge in [-0.25, -0.2) is 21.6 Å². The van der Waals surface area contributed by atoms with Gasteiger partial charge in [0.2, 0.25) is 10.0 Å². The number of alkyl halides is 1. The van der Waals surface area contributed by atoms with E-state index in [-0.39, 0.29) is 23.5 Å². The first kappa shape index (κ1) is 16.3. The van der Waals surface area contributed by atoms with Crippen LogP contribution < -0.4 is 4.72 Å². The molecule has 0 aliphatic heterocycles. The largest absolute Gasteiger partial charge is 0.229 e. The van der Waals surface area contributed by atoms with Crippen molar-refractivity contribution in [1.29, 1.82) is 0 Å². The predicted molar refractivity (Wildman–Crippen MR) is 69.1 cm³/mol. The van der Waals surface area contributed by atoms with Crippen LogP contribution in [0.3, 0.4) is 0 Å². The summed E-state index contributed by atoms with van der Waals surface area (Å²) in [4.78, 5) is 0.